The van der Waals surface area contributed by atoms with E-state index in [0.29, 0.717) is 32.1 Å². The quantitative estimate of drug-likeness (QED) is 0.309. The Balaban J connectivity index is 1.77. The fourth-order valence-corrected chi connectivity index (χ4v) is 3.55. The Hall–Kier alpha value is -2.01. The lowest BCUT2D eigenvalue weighted by Gasteiger charge is -2.09. The van der Waals surface area contributed by atoms with Gasteiger partial charge in [0, 0.05) is 17.0 Å². The van der Waals surface area contributed by atoms with Crippen LogP contribution in [0, 0.1) is 0 Å². The van der Waals surface area contributed by atoms with Crippen molar-refractivity contribution in [3.05, 3.63) is 88.0 Å². The number of thioether (sulfide) groups is 1. The third-order valence-electron chi connectivity index (χ3n) is 3.35. The van der Waals surface area contributed by atoms with E-state index in [1.165, 1.54) is 11.8 Å². The van der Waals surface area contributed by atoms with Gasteiger partial charge in [-0.15, -0.1) is 11.8 Å². The smallest absolute Gasteiger partial charge is 0.346 e. The molecule has 0 amide bonds. The van der Waals surface area contributed by atoms with Gasteiger partial charge in [0.2, 0.25) is 0 Å². The summed E-state index contributed by atoms with van der Waals surface area (Å²) in [5.74, 6) is 0.422. The molecule has 0 fully saturated rings. The average Bonchev–Trinajstić information content (AvgIpc) is 2.63. The van der Waals surface area contributed by atoms with Gasteiger partial charge < -0.3 is 4.74 Å². The number of nitrogens with zero attached hydrogens (tertiary/aromatic N) is 1. The van der Waals surface area contributed by atoms with Gasteiger partial charge in [0.15, 0.2) is 0 Å². The van der Waals surface area contributed by atoms with E-state index in [4.69, 9.17) is 27.9 Å². The highest BCUT2D eigenvalue weighted by atomic mass is 35.5. The molecule has 0 saturated heterocycles. The van der Waals surface area contributed by atoms with E-state index in [1.54, 1.807) is 42.6 Å². The Bertz CT molecular complexity index is 902. The SMILES string of the molecule is O=C(Oc1ccccc1Cl)c1cccnc1SCc1ccccc1Cl. The highest BCUT2D eigenvalue weighted by Crippen LogP contribution is 2.29. The lowest BCUT2D eigenvalue weighted by atomic mass is 10.2. The molecule has 1 aromatic heterocycles. The number of carbonyl (C=O) groups excluding carboxylic acids is 1. The summed E-state index contributed by atoms with van der Waals surface area (Å²) < 4.78 is 5.40. The van der Waals surface area contributed by atoms with Crippen LogP contribution < -0.4 is 4.74 Å². The van der Waals surface area contributed by atoms with E-state index in [9.17, 15) is 4.79 Å². The van der Waals surface area contributed by atoms with Crippen molar-refractivity contribution in [2.24, 2.45) is 0 Å². The summed E-state index contributed by atoms with van der Waals surface area (Å²) >= 11 is 13.6. The molecule has 3 nitrogen and oxygen atoms in total. The monoisotopic (exact) mass is 389 g/mol. The van der Waals surface area contributed by atoms with Gasteiger partial charge in [0.25, 0.3) is 0 Å². The molecule has 0 saturated carbocycles. The number of halogens is 2. The van der Waals surface area contributed by atoms with Crippen molar-refractivity contribution in [3.63, 3.8) is 0 Å². The maximum absolute atomic E-state index is 12.5. The number of esters is 1. The summed E-state index contributed by atoms with van der Waals surface area (Å²) in [6, 6.07) is 17.8. The number of pyridine rings is 1. The molecule has 0 unspecified atom stereocenters. The minimum atomic E-state index is -0.497. The summed E-state index contributed by atoms with van der Waals surface area (Å²) in [5.41, 5.74) is 1.37. The van der Waals surface area contributed by atoms with Crippen LogP contribution in [0.25, 0.3) is 0 Å². The Morgan fingerprint density at radius 3 is 2.44 bits per heavy atom. The van der Waals surface area contributed by atoms with Gasteiger partial charge in [-0.25, -0.2) is 9.78 Å². The second-order valence-corrected chi connectivity index (χ2v) is 6.83. The van der Waals surface area contributed by atoms with Gasteiger partial charge in [-0.1, -0.05) is 53.5 Å². The third kappa shape index (κ3) is 4.54. The molecule has 0 spiro atoms. The maximum Gasteiger partial charge on any atom is 0.346 e. The lowest BCUT2D eigenvalue weighted by molar-refractivity contribution is 0.0730. The first-order valence-corrected chi connectivity index (χ1v) is 9.17. The number of benzene rings is 2. The zero-order valence-electron chi connectivity index (χ0n) is 13.0. The average molecular weight is 390 g/mol. The summed E-state index contributed by atoms with van der Waals surface area (Å²) in [6.07, 6.45) is 1.64. The second-order valence-electron chi connectivity index (χ2n) is 5.06. The molecule has 0 N–H and O–H groups in total. The van der Waals surface area contributed by atoms with Crippen LogP contribution in [0.3, 0.4) is 0 Å². The molecular formula is C19H13Cl2NO2S. The Kier molecular flexibility index (Phi) is 5.97. The van der Waals surface area contributed by atoms with Crippen molar-refractivity contribution in [2.45, 2.75) is 10.8 Å². The number of ether oxygens (including phenoxy) is 1. The number of para-hydroxylation sites is 1. The largest absolute Gasteiger partial charge is 0.421 e. The predicted octanol–water partition coefficient (Wildman–Crippen LogP) is 5.90. The van der Waals surface area contributed by atoms with Gasteiger partial charge in [-0.3, -0.25) is 0 Å². The van der Waals surface area contributed by atoms with Crippen molar-refractivity contribution in [1.82, 2.24) is 4.98 Å². The second kappa shape index (κ2) is 8.39. The van der Waals surface area contributed by atoms with Gasteiger partial charge >= 0.3 is 5.97 Å². The van der Waals surface area contributed by atoms with Gasteiger partial charge in [-0.05, 0) is 35.9 Å². The highest BCUT2D eigenvalue weighted by Gasteiger charge is 2.16. The van der Waals surface area contributed by atoms with Gasteiger partial charge in [0.1, 0.15) is 10.8 Å². The van der Waals surface area contributed by atoms with Crippen molar-refractivity contribution in [1.29, 1.82) is 0 Å². The molecule has 0 atom stereocenters. The summed E-state index contributed by atoms with van der Waals surface area (Å²) in [5, 5.41) is 1.65. The van der Waals surface area contributed by atoms with Crippen molar-refractivity contribution >= 4 is 40.9 Å². The molecule has 0 bridgehead atoms. The van der Waals surface area contributed by atoms with Crippen LogP contribution in [0.2, 0.25) is 10.0 Å². The fourth-order valence-electron chi connectivity index (χ4n) is 2.11. The molecule has 0 aliphatic heterocycles. The van der Waals surface area contributed by atoms with E-state index in [-0.39, 0.29) is 0 Å². The van der Waals surface area contributed by atoms with Crippen LogP contribution in [0.5, 0.6) is 5.75 Å². The molecule has 3 aromatic rings. The normalized spacial score (nSPS) is 10.5. The van der Waals surface area contributed by atoms with Crippen LogP contribution in [0.15, 0.2) is 71.9 Å². The molecule has 25 heavy (non-hydrogen) atoms. The Morgan fingerprint density at radius 1 is 0.960 bits per heavy atom. The molecule has 126 valence electrons. The number of hydrogen-bond acceptors (Lipinski definition) is 4. The molecule has 6 heteroatoms. The standard InChI is InChI=1S/C19H13Cl2NO2S/c20-15-8-2-1-6-13(15)12-25-18-14(7-5-11-22-18)19(23)24-17-10-4-3-9-16(17)21/h1-11H,12H2. The molecule has 1 heterocycles. The minimum Gasteiger partial charge on any atom is -0.421 e. The van der Waals surface area contributed by atoms with Crippen molar-refractivity contribution < 1.29 is 9.53 Å². The number of hydrogen-bond donors (Lipinski definition) is 0. The molecular weight excluding hydrogens is 377 g/mol. The molecule has 3 rings (SSSR count). The fraction of sp³-hybridized carbons (Fsp3) is 0.0526. The zero-order chi connectivity index (χ0) is 17.6. The van der Waals surface area contributed by atoms with E-state index in [0.717, 1.165) is 5.56 Å². The van der Waals surface area contributed by atoms with E-state index in [1.807, 2.05) is 24.3 Å². The first-order chi connectivity index (χ1) is 12.1. The van der Waals surface area contributed by atoms with Crippen LogP contribution in [0.1, 0.15) is 15.9 Å². The van der Waals surface area contributed by atoms with E-state index >= 15 is 0 Å². The van der Waals surface area contributed by atoms with Crippen LogP contribution in [0.4, 0.5) is 0 Å². The van der Waals surface area contributed by atoms with E-state index < -0.39 is 5.97 Å². The Labute approximate surface area is 159 Å². The Morgan fingerprint density at radius 2 is 1.68 bits per heavy atom. The van der Waals surface area contributed by atoms with Gasteiger partial charge in [-0.2, -0.15) is 0 Å². The maximum atomic E-state index is 12.5. The molecule has 2 aromatic carbocycles. The summed E-state index contributed by atoms with van der Waals surface area (Å²) in [7, 11) is 0. The lowest BCUT2D eigenvalue weighted by Crippen LogP contribution is -2.10. The first kappa shape index (κ1) is 17.8. The topological polar surface area (TPSA) is 39.2 Å². The predicted molar refractivity (Wildman–Crippen MR) is 102 cm³/mol. The molecule has 0 aliphatic rings. The van der Waals surface area contributed by atoms with Crippen LogP contribution in [-0.4, -0.2) is 11.0 Å². The zero-order valence-corrected chi connectivity index (χ0v) is 15.3. The summed E-state index contributed by atoms with van der Waals surface area (Å²) in [4.78, 5) is 16.8. The molecule has 0 radical (unpaired) electrons. The van der Waals surface area contributed by atoms with Crippen LogP contribution in [-0.2, 0) is 5.75 Å². The van der Waals surface area contributed by atoms with Crippen molar-refractivity contribution in [2.75, 3.05) is 0 Å². The highest BCUT2D eigenvalue weighted by molar-refractivity contribution is 7.98. The van der Waals surface area contributed by atoms with Gasteiger partial charge in [0.05, 0.1) is 10.6 Å². The first-order valence-electron chi connectivity index (χ1n) is 7.43. The molecule has 0 aliphatic carbocycles. The summed E-state index contributed by atoms with van der Waals surface area (Å²) in [6.45, 7) is 0. The van der Waals surface area contributed by atoms with Crippen LogP contribution >= 0.6 is 35.0 Å². The van der Waals surface area contributed by atoms with Crippen molar-refractivity contribution in [3.8, 4) is 5.75 Å². The minimum absolute atomic E-state index is 0.320. The number of carbonyl (C=O) groups is 1. The third-order valence-corrected chi connectivity index (χ3v) is 5.09. The number of rotatable bonds is 5. The number of aromatic nitrogens is 1. The van der Waals surface area contributed by atoms with E-state index in [2.05, 4.69) is 4.98 Å².